The predicted octanol–water partition coefficient (Wildman–Crippen LogP) is 5.86. The van der Waals surface area contributed by atoms with Crippen molar-refractivity contribution in [2.75, 3.05) is 0 Å². The van der Waals surface area contributed by atoms with Gasteiger partial charge in [0.05, 0.1) is 5.76 Å². The average molecular weight is 258 g/mol. The van der Waals surface area contributed by atoms with E-state index in [0.29, 0.717) is 0 Å². The fraction of sp³-hybridized carbons (Fsp3) is 0.333. The minimum atomic E-state index is 0.787. The molecule has 0 fully saturated rings. The van der Waals surface area contributed by atoms with Crippen LogP contribution in [0.1, 0.15) is 41.5 Å². The summed E-state index contributed by atoms with van der Waals surface area (Å²) in [7, 11) is 0. The molecule has 0 aromatic carbocycles. The van der Waals surface area contributed by atoms with Crippen molar-refractivity contribution in [2.24, 2.45) is 0 Å². The van der Waals surface area contributed by atoms with Crippen LogP contribution in [0.15, 0.2) is 71.3 Å². The Morgan fingerprint density at radius 1 is 0.789 bits per heavy atom. The SMILES string of the molecule is C=C(C)/C=C\C(=C)C(=C)C(OC(C)=C(C)C)=C(C)C. The molecule has 0 atom stereocenters. The highest BCUT2D eigenvalue weighted by Crippen LogP contribution is 2.25. The summed E-state index contributed by atoms with van der Waals surface area (Å²) in [5, 5.41) is 0. The molecular formula is C18H26O. The van der Waals surface area contributed by atoms with Gasteiger partial charge in [0.1, 0.15) is 5.76 Å². The maximum absolute atomic E-state index is 5.91. The van der Waals surface area contributed by atoms with Crippen LogP contribution in [-0.4, -0.2) is 0 Å². The molecule has 0 saturated heterocycles. The van der Waals surface area contributed by atoms with E-state index in [2.05, 4.69) is 19.7 Å². The van der Waals surface area contributed by atoms with Gasteiger partial charge in [-0.1, -0.05) is 37.5 Å². The normalized spacial score (nSPS) is 10.0. The van der Waals surface area contributed by atoms with Crippen LogP contribution in [-0.2, 0) is 4.74 Å². The second-order valence-corrected chi connectivity index (χ2v) is 5.17. The summed E-state index contributed by atoms with van der Waals surface area (Å²) in [6.07, 6.45) is 3.83. The third kappa shape index (κ3) is 6.10. The summed E-state index contributed by atoms with van der Waals surface area (Å²) in [5.74, 6) is 1.68. The Morgan fingerprint density at radius 3 is 1.68 bits per heavy atom. The first kappa shape index (κ1) is 17.2. The number of hydrogen-bond donors (Lipinski definition) is 0. The molecule has 0 rings (SSSR count). The van der Waals surface area contributed by atoms with Crippen LogP contribution in [0.3, 0.4) is 0 Å². The molecule has 0 radical (unpaired) electrons. The molecule has 0 aliphatic heterocycles. The lowest BCUT2D eigenvalue weighted by atomic mass is 10.0. The van der Waals surface area contributed by atoms with E-state index in [9.17, 15) is 0 Å². The Bertz CT molecular complexity index is 474. The quantitative estimate of drug-likeness (QED) is 0.428. The van der Waals surface area contributed by atoms with Gasteiger partial charge in [-0.15, -0.1) is 0 Å². The van der Waals surface area contributed by atoms with Crippen LogP contribution in [0.25, 0.3) is 0 Å². The molecule has 0 saturated carbocycles. The first-order chi connectivity index (χ1) is 8.66. The topological polar surface area (TPSA) is 9.23 Å². The van der Waals surface area contributed by atoms with Gasteiger partial charge >= 0.3 is 0 Å². The largest absolute Gasteiger partial charge is 0.462 e. The molecule has 0 heterocycles. The molecule has 1 nitrogen and oxygen atoms in total. The molecule has 0 aliphatic carbocycles. The standard InChI is InChI=1S/C18H26O/c1-12(2)10-11-15(7)16(8)18(14(5)6)19-17(9)13(3)4/h10-11H,1,7-8H2,2-6,9H3/b11-10-. The monoisotopic (exact) mass is 258 g/mol. The lowest BCUT2D eigenvalue weighted by Gasteiger charge is -2.16. The average Bonchev–Trinajstić information content (AvgIpc) is 2.30. The van der Waals surface area contributed by atoms with Gasteiger partial charge in [-0.2, -0.15) is 0 Å². The second-order valence-electron chi connectivity index (χ2n) is 5.17. The van der Waals surface area contributed by atoms with Gasteiger partial charge < -0.3 is 4.74 Å². The summed E-state index contributed by atoms with van der Waals surface area (Å²) >= 11 is 0. The fourth-order valence-electron chi connectivity index (χ4n) is 1.21. The number of rotatable bonds is 6. The van der Waals surface area contributed by atoms with Gasteiger partial charge in [0.15, 0.2) is 0 Å². The Balaban J connectivity index is 5.21. The summed E-state index contributed by atoms with van der Waals surface area (Å²) in [4.78, 5) is 0. The smallest absolute Gasteiger partial charge is 0.132 e. The van der Waals surface area contributed by atoms with Crippen molar-refractivity contribution in [3.05, 3.63) is 71.3 Å². The van der Waals surface area contributed by atoms with Crippen LogP contribution >= 0.6 is 0 Å². The van der Waals surface area contributed by atoms with Gasteiger partial charge in [-0.3, -0.25) is 0 Å². The molecule has 0 N–H and O–H groups in total. The highest BCUT2D eigenvalue weighted by atomic mass is 16.5. The first-order valence-electron chi connectivity index (χ1n) is 6.38. The van der Waals surface area contributed by atoms with Crippen LogP contribution in [0, 0.1) is 0 Å². The number of ether oxygens (including phenoxy) is 1. The van der Waals surface area contributed by atoms with Crippen molar-refractivity contribution in [2.45, 2.75) is 41.5 Å². The maximum atomic E-state index is 5.91. The molecule has 1 heteroatoms. The number of allylic oxidation sites excluding steroid dienone is 7. The third-order valence-corrected chi connectivity index (χ3v) is 2.64. The van der Waals surface area contributed by atoms with E-state index in [1.54, 1.807) is 0 Å². The molecule has 0 spiro atoms. The van der Waals surface area contributed by atoms with Crippen molar-refractivity contribution >= 4 is 0 Å². The lowest BCUT2D eigenvalue weighted by Crippen LogP contribution is -1.99. The molecule has 104 valence electrons. The zero-order valence-corrected chi connectivity index (χ0v) is 13.2. The molecule has 0 aromatic rings. The van der Waals surface area contributed by atoms with E-state index in [4.69, 9.17) is 4.74 Å². The molecular weight excluding hydrogens is 232 g/mol. The molecule has 0 unspecified atom stereocenters. The van der Waals surface area contributed by atoms with Crippen molar-refractivity contribution < 1.29 is 4.74 Å². The van der Waals surface area contributed by atoms with Crippen LogP contribution in [0.2, 0.25) is 0 Å². The Labute approximate surface area is 118 Å². The summed E-state index contributed by atoms with van der Waals surface area (Å²) in [6, 6.07) is 0. The zero-order chi connectivity index (χ0) is 15.2. The van der Waals surface area contributed by atoms with Gasteiger partial charge in [0.25, 0.3) is 0 Å². The predicted molar refractivity (Wildman–Crippen MR) is 85.7 cm³/mol. The molecule has 0 amide bonds. The number of hydrogen-bond acceptors (Lipinski definition) is 1. The van der Waals surface area contributed by atoms with Gasteiger partial charge in [0, 0.05) is 5.57 Å². The molecule has 19 heavy (non-hydrogen) atoms. The maximum Gasteiger partial charge on any atom is 0.132 e. The summed E-state index contributed by atoms with van der Waals surface area (Å²) < 4.78 is 5.91. The minimum Gasteiger partial charge on any atom is -0.462 e. The lowest BCUT2D eigenvalue weighted by molar-refractivity contribution is 0.308. The molecule has 0 aromatic heterocycles. The van der Waals surface area contributed by atoms with Gasteiger partial charge in [0.2, 0.25) is 0 Å². The van der Waals surface area contributed by atoms with E-state index in [-0.39, 0.29) is 0 Å². The highest BCUT2D eigenvalue weighted by Gasteiger charge is 2.10. The first-order valence-corrected chi connectivity index (χ1v) is 6.38. The van der Waals surface area contributed by atoms with Crippen LogP contribution < -0.4 is 0 Å². The van der Waals surface area contributed by atoms with E-state index >= 15 is 0 Å². The molecule has 0 aliphatic rings. The third-order valence-electron chi connectivity index (χ3n) is 2.64. The second kappa shape index (κ2) is 7.63. The van der Waals surface area contributed by atoms with Gasteiger partial charge in [-0.05, 0) is 58.3 Å². The Morgan fingerprint density at radius 2 is 1.32 bits per heavy atom. The highest BCUT2D eigenvalue weighted by molar-refractivity contribution is 5.48. The summed E-state index contributed by atoms with van der Waals surface area (Å²) in [6.45, 7) is 23.9. The van der Waals surface area contributed by atoms with Crippen molar-refractivity contribution in [3.63, 3.8) is 0 Å². The minimum absolute atomic E-state index is 0.787. The van der Waals surface area contributed by atoms with Crippen LogP contribution in [0.5, 0.6) is 0 Å². The van der Waals surface area contributed by atoms with E-state index in [1.807, 2.05) is 53.7 Å². The van der Waals surface area contributed by atoms with Crippen molar-refractivity contribution in [1.29, 1.82) is 0 Å². The molecule has 0 bridgehead atoms. The van der Waals surface area contributed by atoms with Crippen molar-refractivity contribution in [3.8, 4) is 0 Å². The van der Waals surface area contributed by atoms with Crippen molar-refractivity contribution in [1.82, 2.24) is 0 Å². The summed E-state index contributed by atoms with van der Waals surface area (Å²) in [5.41, 5.74) is 4.85. The zero-order valence-electron chi connectivity index (χ0n) is 13.2. The van der Waals surface area contributed by atoms with E-state index in [1.165, 1.54) is 0 Å². The van der Waals surface area contributed by atoms with E-state index < -0.39 is 0 Å². The fourth-order valence-corrected chi connectivity index (χ4v) is 1.21. The Hall–Kier alpha value is -1.76. The van der Waals surface area contributed by atoms with Crippen LogP contribution in [0.4, 0.5) is 0 Å². The Kier molecular flexibility index (Phi) is 6.92. The van der Waals surface area contributed by atoms with E-state index in [0.717, 1.165) is 39.4 Å². The van der Waals surface area contributed by atoms with Gasteiger partial charge in [-0.25, -0.2) is 0 Å².